The van der Waals surface area contributed by atoms with E-state index in [1.165, 1.54) is 7.11 Å². The first-order valence-corrected chi connectivity index (χ1v) is 5.86. The molecule has 0 aliphatic carbocycles. The number of rotatable bonds is 7. The van der Waals surface area contributed by atoms with Crippen molar-refractivity contribution in [2.24, 2.45) is 0 Å². The molecule has 0 fully saturated rings. The van der Waals surface area contributed by atoms with Gasteiger partial charge in [0.15, 0.2) is 18.1 Å². The van der Waals surface area contributed by atoms with Crippen molar-refractivity contribution in [3.8, 4) is 11.5 Å². The second kappa shape index (κ2) is 7.25. The summed E-state index contributed by atoms with van der Waals surface area (Å²) in [6.45, 7) is 1.42. The quantitative estimate of drug-likeness (QED) is 0.771. The van der Waals surface area contributed by atoms with Gasteiger partial charge in [-0.05, 0) is 18.6 Å². The molecule has 1 atom stereocenters. The fraction of sp³-hybridized carbons (Fsp3) is 0.385. The lowest BCUT2D eigenvalue weighted by molar-refractivity contribution is -0.142. The van der Waals surface area contributed by atoms with Crippen LogP contribution in [0.25, 0.3) is 0 Å². The third-order valence-corrected chi connectivity index (χ3v) is 2.47. The van der Waals surface area contributed by atoms with E-state index in [2.05, 4.69) is 5.32 Å². The Labute approximate surface area is 111 Å². The average molecular weight is 267 g/mol. The van der Waals surface area contributed by atoms with Crippen molar-refractivity contribution in [2.75, 3.05) is 13.7 Å². The highest BCUT2D eigenvalue weighted by molar-refractivity contribution is 5.84. The normalized spacial score (nSPS) is 11.5. The van der Waals surface area contributed by atoms with Crippen molar-refractivity contribution < 1.29 is 24.2 Å². The molecule has 0 saturated carbocycles. The first-order chi connectivity index (χ1) is 9.08. The van der Waals surface area contributed by atoms with Crippen molar-refractivity contribution in [1.82, 2.24) is 5.32 Å². The van der Waals surface area contributed by atoms with Gasteiger partial charge in [-0.2, -0.15) is 0 Å². The Morgan fingerprint density at radius 3 is 2.47 bits per heavy atom. The van der Waals surface area contributed by atoms with Gasteiger partial charge in [0.05, 0.1) is 7.11 Å². The van der Waals surface area contributed by atoms with Crippen LogP contribution in [-0.4, -0.2) is 36.7 Å². The van der Waals surface area contributed by atoms with E-state index in [0.717, 1.165) is 0 Å². The first-order valence-electron chi connectivity index (χ1n) is 5.86. The van der Waals surface area contributed by atoms with Crippen LogP contribution >= 0.6 is 0 Å². The van der Waals surface area contributed by atoms with Gasteiger partial charge >= 0.3 is 5.97 Å². The summed E-state index contributed by atoms with van der Waals surface area (Å²) in [5.74, 6) is -0.600. The highest BCUT2D eigenvalue weighted by atomic mass is 16.5. The average Bonchev–Trinajstić information content (AvgIpc) is 2.42. The number of amides is 1. The van der Waals surface area contributed by atoms with E-state index in [-0.39, 0.29) is 6.61 Å². The van der Waals surface area contributed by atoms with E-state index in [4.69, 9.17) is 14.6 Å². The molecule has 1 aromatic carbocycles. The lowest BCUT2D eigenvalue weighted by atomic mass is 10.2. The van der Waals surface area contributed by atoms with Gasteiger partial charge in [-0.15, -0.1) is 0 Å². The van der Waals surface area contributed by atoms with Crippen molar-refractivity contribution >= 4 is 11.9 Å². The van der Waals surface area contributed by atoms with E-state index in [1.54, 1.807) is 31.2 Å². The number of carboxylic acids is 1. The Morgan fingerprint density at radius 2 is 1.95 bits per heavy atom. The largest absolute Gasteiger partial charge is 0.493 e. The van der Waals surface area contributed by atoms with Gasteiger partial charge in [0.2, 0.25) is 0 Å². The molecule has 0 saturated heterocycles. The Balaban J connectivity index is 2.52. The van der Waals surface area contributed by atoms with E-state index >= 15 is 0 Å². The first kappa shape index (κ1) is 14.8. The molecule has 6 nitrogen and oxygen atoms in total. The fourth-order valence-electron chi connectivity index (χ4n) is 1.46. The minimum absolute atomic E-state index is 0.260. The van der Waals surface area contributed by atoms with Gasteiger partial charge in [0.25, 0.3) is 5.91 Å². The van der Waals surface area contributed by atoms with Crippen LogP contribution in [0.1, 0.15) is 13.3 Å². The molecule has 0 spiro atoms. The minimum Gasteiger partial charge on any atom is -0.493 e. The van der Waals surface area contributed by atoms with Crippen LogP contribution in [0.2, 0.25) is 0 Å². The van der Waals surface area contributed by atoms with Crippen LogP contribution in [0, 0.1) is 0 Å². The minimum atomic E-state index is -1.06. The number of carboxylic acid groups (broad SMARTS) is 1. The molecule has 104 valence electrons. The number of nitrogens with one attached hydrogen (secondary N) is 1. The molecule has 1 rings (SSSR count). The molecule has 0 aliphatic rings. The van der Waals surface area contributed by atoms with Gasteiger partial charge in [0.1, 0.15) is 6.04 Å². The fourth-order valence-corrected chi connectivity index (χ4v) is 1.46. The monoisotopic (exact) mass is 267 g/mol. The number of para-hydroxylation sites is 2. The van der Waals surface area contributed by atoms with Crippen molar-refractivity contribution in [1.29, 1.82) is 0 Å². The standard InChI is InChI=1S/C13H17NO5/c1-3-9(13(16)17)14-12(15)8-19-11-7-5-4-6-10(11)18-2/h4-7,9H,3,8H2,1-2H3,(H,14,15)(H,16,17). The molecule has 0 bridgehead atoms. The lowest BCUT2D eigenvalue weighted by Gasteiger charge is -2.13. The number of methoxy groups -OCH3 is 1. The Morgan fingerprint density at radius 1 is 1.32 bits per heavy atom. The van der Waals surface area contributed by atoms with Crippen LogP contribution in [0.4, 0.5) is 0 Å². The van der Waals surface area contributed by atoms with E-state index in [9.17, 15) is 9.59 Å². The van der Waals surface area contributed by atoms with Gasteiger partial charge in [-0.3, -0.25) is 4.79 Å². The maximum absolute atomic E-state index is 11.5. The molecular weight excluding hydrogens is 250 g/mol. The second-order valence-electron chi connectivity index (χ2n) is 3.81. The molecule has 0 radical (unpaired) electrons. The van der Waals surface area contributed by atoms with Crippen LogP contribution in [-0.2, 0) is 9.59 Å². The van der Waals surface area contributed by atoms with Crippen LogP contribution < -0.4 is 14.8 Å². The van der Waals surface area contributed by atoms with Crippen molar-refractivity contribution in [2.45, 2.75) is 19.4 Å². The van der Waals surface area contributed by atoms with Gasteiger partial charge in [0, 0.05) is 0 Å². The highest BCUT2D eigenvalue weighted by Gasteiger charge is 2.17. The number of benzene rings is 1. The number of hydrogen-bond acceptors (Lipinski definition) is 4. The summed E-state index contributed by atoms with van der Waals surface area (Å²) < 4.78 is 10.4. The molecule has 1 amide bonds. The zero-order valence-corrected chi connectivity index (χ0v) is 10.9. The molecule has 0 aromatic heterocycles. The maximum atomic E-state index is 11.5. The lowest BCUT2D eigenvalue weighted by Crippen LogP contribution is -2.42. The Hall–Kier alpha value is -2.24. The zero-order valence-electron chi connectivity index (χ0n) is 10.9. The third-order valence-electron chi connectivity index (χ3n) is 2.47. The summed E-state index contributed by atoms with van der Waals surface area (Å²) in [7, 11) is 1.50. The second-order valence-corrected chi connectivity index (χ2v) is 3.81. The predicted molar refractivity (Wildman–Crippen MR) is 68.3 cm³/mol. The highest BCUT2D eigenvalue weighted by Crippen LogP contribution is 2.25. The number of ether oxygens (including phenoxy) is 2. The molecule has 6 heteroatoms. The molecule has 1 aromatic rings. The van der Waals surface area contributed by atoms with E-state index in [0.29, 0.717) is 17.9 Å². The van der Waals surface area contributed by atoms with Crippen molar-refractivity contribution in [3.05, 3.63) is 24.3 Å². The van der Waals surface area contributed by atoms with Gasteiger partial charge in [-0.1, -0.05) is 19.1 Å². The summed E-state index contributed by atoms with van der Waals surface area (Å²) in [5.41, 5.74) is 0. The molecule has 19 heavy (non-hydrogen) atoms. The number of carbonyl (C=O) groups excluding carboxylic acids is 1. The summed E-state index contributed by atoms with van der Waals surface area (Å²) >= 11 is 0. The van der Waals surface area contributed by atoms with Gasteiger partial charge < -0.3 is 19.9 Å². The third kappa shape index (κ3) is 4.50. The Bertz CT molecular complexity index is 446. The summed E-state index contributed by atoms with van der Waals surface area (Å²) in [6, 6.07) is 6.01. The molecule has 0 aliphatic heterocycles. The number of aliphatic carboxylic acids is 1. The molecule has 1 unspecified atom stereocenters. The predicted octanol–water partition coefficient (Wildman–Crippen LogP) is 1.05. The number of carbonyl (C=O) groups is 2. The summed E-state index contributed by atoms with van der Waals surface area (Å²) in [4.78, 5) is 22.3. The van der Waals surface area contributed by atoms with Crippen LogP contribution in [0.5, 0.6) is 11.5 Å². The smallest absolute Gasteiger partial charge is 0.326 e. The topological polar surface area (TPSA) is 84.9 Å². The zero-order chi connectivity index (χ0) is 14.3. The van der Waals surface area contributed by atoms with Crippen molar-refractivity contribution in [3.63, 3.8) is 0 Å². The molecule has 2 N–H and O–H groups in total. The van der Waals surface area contributed by atoms with E-state index in [1.807, 2.05) is 0 Å². The van der Waals surface area contributed by atoms with Gasteiger partial charge in [-0.25, -0.2) is 4.79 Å². The summed E-state index contributed by atoms with van der Waals surface area (Å²) in [5, 5.41) is 11.2. The van der Waals surface area contributed by atoms with Crippen LogP contribution in [0.3, 0.4) is 0 Å². The summed E-state index contributed by atoms with van der Waals surface area (Å²) in [6.07, 6.45) is 0.315. The number of hydrogen-bond donors (Lipinski definition) is 2. The maximum Gasteiger partial charge on any atom is 0.326 e. The molecular formula is C13H17NO5. The molecule has 0 heterocycles. The Kier molecular flexibility index (Phi) is 5.66. The SMILES string of the molecule is CCC(NC(=O)COc1ccccc1OC)C(=O)O. The van der Waals surface area contributed by atoms with Crippen LogP contribution in [0.15, 0.2) is 24.3 Å². The van der Waals surface area contributed by atoms with E-state index < -0.39 is 17.9 Å².